The molecule has 0 radical (unpaired) electrons. The zero-order chi connectivity index (χ0) is 20.7. The predicted octanol–water partition coefficient (Wildman–Crippen LogP) is 4.21. The van der Waals surface area contributed by atoms with Gasteiger partial charge in [-0.15, -0.1) is 0 Å². The van der Waals surface area contributed by atoms with Crippen molar-refractivity contribution in [3.63, 3.8) is 0 Å². The maximum absolute atomic E-state index is 13.4. The van der Waals surface area contributed by atoms with Gasteiger partial charge in [-0.25, -0.2) is 0 Å². The molecule has 2 aromatic carbocycles. The fraction of sp³-hybridized carbons (Fsp3) is 0.261. The molecule has 2 N–H and O–H groups in total. The number of fused-ring (bicyclic) bond motifs is 5. The van der Waals surface area contributed by atoms with Gasteiger partial charge in [-0.3, -0.25) is 4.79 Å². The smallest absolute Gasteiger partial charge is 0.204 e. The second kappa shape index (κ2) is 5.64. The minimum absolute atomic E-state index is 0.0450. The van der Waals surface area contributed by atoms with E-state index >= 15 is 0 Å². The quantitative estimate of drug-likeness (QED) is 0.476. The number of aliphatic hydroxyl groups is 1. The molecule has 0 spiro atoms. The van der Waals surface area contributed by atoms with Crippen LogP contribution in [0.5, 0.6) is 17.2 Å². The Bertz CT molecular complexity index is 1310. The van der Waals surface area contributed by atoms with Crippen LogP contribution in [0.4, 0.5) is 0 Å². The standard InChI is InChI=1S/C23H20O6/c1-10(2)22-21(26)17-13(28-22)6-5-12-16(17)20(25)18-15(27-12)9-14-11(19(18)24)7-8-23(3,4)29-14/h5-9,21-22,24,26H,1H2,2-4H3. The molecular weight excluding hydrogens is 372 g/mol. The highest BCUT2D eigenvalue weighted by molar-refractivity contribution is 5.98. The van der Waals surface area contributed by atoms with Crippen LogP contribution in [0.25, 0.3) is 28.0 Å². The third-order valence-electron chi connectivity index (χ3n) is 5.45. The number of phenols is 1. The molecular formula is C23H20O6. The zero-order valence-electron chi connectivity index (χ0n) is 16.3. The topological polar surface area (TPSA) is 89.1 Å². The lowest BCUT2D eigenvalue weighted by molar-refractivity contribution is 0.0907. The van der Waals surface area contributed by atoms with Gasteiger partial charge in [0.15, 0.2) is 0 Å². The molecule has 1 aromatic heterocycles. The Kier molecular flexibility index (Phi) is 3.47. The normalized spacial score (nSPS) is 21.5. The van der Waals surface area contributed by atoms with E-state index in [0.717, 1.165) is 0 Å². The van der Waals surface area contributed by atoms with E-state index in [0.29, 0.717) is 33.8 Å². The molecule has 5 rings (SSSR count). The highest BCUT2D eigenvalue weighted by Gasteiger charge is 2.37. The summed E-state index contributed by atoms with van der Waals surface area (Å²) in [6.45, 7) is 9.40. The number of benzene rings is 2. The van der Waals surface area contributed by atoms with Gasteiger partial charge < -0.3 is 24.1 Å². The van der Waals surface area contributed by atoms with Crippen molar-refractivity contribution in [2.24, 2.45) is 0 Å². The van der Waals surface area contributed by atoms with Crippen molar-refractivity contribution in [3.05, 3.63) is 57.8 Å². The minimum Gasteiger partial charge on any atom is -0.506 e. The van der Waals surface area contributed by atoms with Crippen molar-refractivity contribution >= 4 is 28.0 Å². The van der Waals surface area contributed by atoms with Crippen LogP contribution < -0.4 is 14.9 Å². The van der Waals surface area contributed by atoms with Crippen molar-refractivity contribution in [1.82, 2.24) is 0 Å². The molecule has 2 unspecified atom stereocenters. The van der Waals surface area contributed by atoms with E-state index in [9.17, 15) is 15.0 Å². The summed E-state index contributed by atoms with van der Waals surface area (Å²) in [5.41, 5.74) is 0.981. The van der Waals surface area contributed by atoms with Crippen LogP contribution in [0.3, 0.4) is 0 Å². The fourth-order valence-electron chi connectivity index (χ4n) is 4.05. The Labute approximate surface area is 166 Å². The van der Waals surface area contributed by atoms with Crippen LogP contribution in [-0.2, 0) is 0 Å². The molecule has 6 nitrogen and oxygen atoms in total. The van der Waals surface area contributed by atoms with Gasteiger partial charge >= 0.3 is 0 Å². The number of hydrogen-bond donors (Lipinski definition) is 2. The van der Waals surface area contributed by atoms with Crippen molar-refractivity contribution in [2.45, 2.75) is 38.6 Å². The molecule has 2 atom stereocenters. The van der Waals surface area contributed by atoms with Gasteiger partial charge in [0.1, 0.15) is 51.6 Å². The van der Waals surface area contributed by atoms with E-state index in [1.54, 1.807) is 31.2 Å². The van der Waals surface area contributed by atoms with Crippen molar-refractivity contribution in [1.29, 1.82) is 0 Å². The Morgan fingerprint density at radius 1 is 1.17 bits per heavy atom. The summed E-state index contributed by atoms with van der Waals surface area (Å²) in [5.74, 6) is 0.645. The molecule has 2 aliphatic rings. The van der Waals surface area contributed by atoms with Crippen LogP contribution in [0.1, 0.15) is 38.0 Å². The zero-order valence-corrected chi connectivity index (χ0v) is 16.3. The van der Waals surface area contributed by atoms with Crippen LogP contribution in [0.15, 0.2) is 45.6 Å². The lowest BCUT2D eigenvalue weighted by Gasteiger charge is -2.28. The van der Waals surface area contributed by atoms with Crippen LogP contribution in [0.2, 0.25) is 0 Å². The lowest BCUT2D eigenvalue weighted by Crippen LogP contribution is -2.27. The Balaban J connectivity index is 1.85. The second-order valence-corrected chi connectivity index (χ2v) is 8.16. The first kappa shape index (κ1) is 17.8. The molecule has 0 amide bonds. The molecule has 0 aliphatic carbocycles. The second-order valence-electron chi connectivity index (χ2n) is 8.16. The number of aromatic hydroxyl groups is 1. The highest BCUT2D eigenvalue weighted by Crippen LogP contribution is 2.45. The molecule has 0 saturated heterocycles. The molecule has 29 heavy (non-hydrogen) atoms. The first-order valence-corrected chi connectivity index (χ1v) is 9.36. The van der Waals surface area contributed by atoms with E-state index in [2.05, 4.69) is 6.58 Å². The first-order valence-electron chi connectivity index (χ1n) is 9.36. The average molecular weight is 392 g/mol. The van der Waals surface area contributed by atoms with Gasteiger partial charge in [0.25, 0.3) is 0 Å². The molecule has 6 heteroatoms. The van der Waals surface area contributed by atoms with E-state index in [4.69, 9.17) is 13.9 Å². The monoisotopic (exact) mass is 392 g/mol. The van der Waals surface area contributed by atoms with Crippen molar-refractivity contribution < 1.29 is 24.1 Å². The van der Waals surface area contributed by atoms with E-state index in [-0.39, 0.29) is 22.1 Å². The maximum atomic E-state index is 13.4. The van der Waals surface area contributed by atoms with Crippen LogP contribution >= 0.6 is 0 Å². The molecule has 0 fully saturated rings. The Morgan fingerprint density at radius 3 is 2.66 bits per heavy atom. The van der Waals surface area contributed by atoms with Gasteiger partial charge in [0.05, 0.1) is 10.9 Å². The summed E-state index contributed by atoms with van der Waals surface area (Å²) in [6, 6.07) is 4.91. The number of hydrogen-bond acceptors (Lipinski definition) is 6. The SMILES string of the molecule is C=C(C)C1Oc2ccc3oc4cc5c(c(O)c4c(=O)c3c2C1O)C=CC(C)(C)O5. The fourth-order valence-corrected chi connectivity index (χ4v) is 4.05. The molecule has 3 heterocycles. The Hall–Kier alpha value is -3.25. The summed E-state index contributed by atoms with van der Waals surface area (Å²) >= 11 is 0. The third kappa shape index (κ3) is 2.42. The van der Waals surface area contributed by atoms with Crippen molar-refractivity contribution in [3.8, 4) is 17.2 Å². The minimum atomic E-state index is -1.05. The predicted molar refractivity (Wildman–Crippen MR) is 110 cm³/mol. The molecule has 0 bridgehead atoms. The largest absolute Gasteiger partial charge is 0.506 e. The van der Waals surface area contributed by atoms with Gasteiger partial charge in [-0.05, 0) is 50.6 Å². The van der Waals surface area contributed by atoms with E-state index in [1.165, 1.54) is 0 Å². The first-order chi connectivity index (χ1) is 13.7. The molecule has 148 valence electrons. The van der Waals surface area contributed by atoms with Gasteiger partial charge in [-0.2, -0.15) is 0 Å². The van der Waals surface area contributed by atoms with Crippen LogP contribution in [0, 0.1) is 0 Å². The van der Waals surface area contributed by atoms with E-state index < -0.39 is 23.2 Å². The molecule has 0 saturated carbocycles. The highest BCUT2D eigenvalue weighted by atomic mass is 16.5. The number of rotatable bonds is 1. The summed E-state index contributed by atoms with van der Waals surface area (Å²) < 4.78 is 17.6. The number of aliphatic hydroxyl groups excluding tert-OH is 1. The average Bonchev–Trinajstić information content (AvgIpc) is 2.97. The Morgan fingerprint density at radius 2 is 1.93 bits per heavy atom. The molecule has 2 aliphatic heterocycles. The van der Waals surface area contributed by atoms with Gasteiger partial charge in [-0.1, -0.05) is 6.58 Å². The van der Waals surface area contributed by atoms with Crippen molar-refractivity contribution in [2.75, 3.05) is 0 Å². The van der Waals surface area contributed by atoms with Gasteiger partial charge in [0, 0.05) is 11.6 Å². The third-order valence-corrected chi connectivity index (χ3v) is 5.45. The summed E-state index contributed by atoms with van der Waals surface area (Å²) in [6.07, 6.45) is 1.87. The van der Waals surface area contributed by atoms with Gasteiger partial charge in [0.2, 0.25) is 5.43 Å². The number of phenolic OH excluding ortho intramolecular Hbond substituents is 1. The summed E-state index contributed by atoms with van der Waals surface area (Å²) in [5, 5.41) is 21.9. The van der Waals surface area contributed by atoms with Crippen LogP contribution in [-0.4, -0.2) is 21.9 Å². The summed E-state index contributed by atoms with van der Waals surface area (Å²) in [4.78, 5) is 13.4. The summed E-state index contributed by atoms with van der Waals surface area (Å²) in [7, 11) is 0. The maximum Gasteiger partial charge on any atom is 0.204 e. The van der Waals surface area contributed by atoms with E-state index in [1.807, 2.05) is 19.9 Å². The lowest BCUT2D eigenvalue weighted by atomic mass is 9.96. The molecule has 3 aromatic rings. The number of ether oxygens (including phenoxy) is 2.